The van der Waals surface area contributed by atoms with Crippen LogP contribution in [0.1, 0.15) is 16.7 Å². The van der Waals surface area contributed by atoms with Crippen molar-refractivity contribution in [1.29, 1.82) is 0 Å². The Labute approximate surface area is 102 Å². The highest BCUT2D eigenvalue weighted by atomic mass is 79.9. The van der Waals surface area contributed by atoms with Gasteiger partial charge in [-0.25, -0.2) is 4.39 Å². The molecule has 1 aromatic carbocycles. The third-order valence-corrected chi connectivity index (χ3v) is 3.18. The third kappa shape index (κ3) is 2.59. The molecule has 88 valence electrons. The molecule has 1 rings (SSSR count). The van der Waals surface area contributed by atoms with Crippen molar-refractivity contribution in [2.24, 2.45) is 5.73 Å². The maximum absolute atomic E-state index is 13.8. The standard InChI is InChI=1S/C11H13BrFNO2/c1-5-3-8(12)10(13)7(6(5)2)4-9(14)11(15)16/h3,9H,4,14H2,1-2H3,(H,15,16). The van der Waals surface area contributed by atoms with Gasteiger partial charge in [-0.05, 0) is 52.5 Å². The van der Waals surface area contributed by atoms with E-state index in [-0.39, 0.29) is 6.42 Å². The fraction of sp³-hybridized carbons (Fsp3) is 0.364. The maximum Gasteiger partial charge on any atom is 0.320 e. The molecular formula is C11H13BrFNO2. The van der Waals surface area contributed by atoms with Crippen molar-refractivity contribution in [3.8, 4) is 0 Å². The van der Waals surface area contributed by atoms with Crippen LogP contribution in [0.15, 0.2) is 10.5 Å². The van der Waals surface area contributed by atoms with Gasteiger partial charge >= 0.3 is 5.97 Å². The number of rotatable bonds is 3. The molecule has 3 N–H and O–H groups in total. The quantitative estimate of drug-likeness (QED) is 0.896. The van der Waals surface area contributed by atoms with Crippen LogP contribution >= 0.6 is 15.9 Å². The zero-order valence-corrected chi connectivity index (χ0v) is 10.6. The van der Waals surface area contributed by atoms with Crippen molar-refractivity contribution >= 4 is 21.9 Å². The van der Waals surface area contributed by atoms with Crippen molar-refractivity contribution in [1.82, 2.24) is 0 Å². The molecule has 0 aromatic heterocycles. The minimum atomic E-state index is -1.13. The average Bonchev–Trinajstić information content (AvgIpc) is 2.21. The molecule has 0 saturated heterocycles. The van der Waals surface area contributed by atoms with Crippen LogP contribution in [-0.2, 0) is 11.2 Å². The number of halogens is 2. The van der Waals surface area contributed by atoms with Crippen LogP contribution in [0.25, 0.3) is 0 Å². The molecule has 1 atom stereocenters. The zero-order valence-electron chi connectivity index (χ0n) is 9.05. The molecular weight excluding hydrogens is 277 g/mol. The first-order valence-electron chi connectivity index (χ1n) is 4.77. The molecule has 3 nitrogen and oxygen atoms in total. The fourth-order valence-electron chi connectivity index (χ4n) is 1.46. The highest BCUT2D eigenvalue weighted by Gasteiger charge is 2.19. The van der Waals surface area contributed by atoms with Crippen LogP contribution in [-0.4, -0.2) is 17.1 Å². The molecule has 1 aromatic rings. The molecule has 0 heterocycles. The summed E-state index contributed by atoms with van der Waals surface area (Å²) >= 11 is 3.09. The van der Waals surface area contributed by atoms with Gasteiger partial charge in [-0.2, -0.15) is 0 Å². The van der Waals surface area contributed by atoms with Gasteiger partial charge in [0.2, 0.25) is 0 Å². The lowest BCUT2D eigenvalue weighted by molar-refractivity contribution is -0.138. The molecule has 0 saturated carbocycles. The molecule has 0 amide bonds. The van der Waals surface area contributed by atoms with E-state index in [1.807, 2.05) is 6.92 Å². The summed E-state index contributed by atoms with van der Waals surface area (Å²) in [4.78, 5) is 10.6. The Kier molecular flexibility index (Phi) is 4.04. The van der Waals surface area contributed by atoms with Gasteiger partial charge in [0, 0.05) is 6.42 Å². The van der Waals surface area contributed by atoms with Gasteiger partial charge in [0.25, 0.3) is 0 Å². The summed E-state index contributed by atoms with van der Waals surface area (Å²) in [7, 11) is 0. The van der Waals surface area contributed by atoms with Crippen LogP contribution in [0.5, 0.6) is 0 Å². The zero-order chi connectivity index (χ0) is 12.5. The number of carboxylic acids is 1. The Balaban J connectivity index is 3.17. The topological polar surface area (TPSA) is 63.3 Å². The van der Waals surface area contributed by atoms with Gasteiger partial charge in [0.15, 0.2) is 0 Å². The molecule has 0 aliphatic rings. The monoisotopic (exact) mass is 289 g/mol. The van der Waals surface area contributed by atoms with E-state index in [9.17, 15) is 9.18 Å². The van der Waals surface area contributed by atoms with E-state index < -0.39 is 17.8 Å². The van der Waals surface area contributed by atoms with Crippen molar-refractivity contribution in [2.75, 3.05) is 0 Å². The summed E-state index contributed by atoms with van der Waals surface area (Å²) in [6.45, 7) is 3.60. The first-order valence-corrected chi connectivity index (χ1v) is 5.56. The third-order valence-electron chi connectivity index (χ3n) is 2.60. The first kappa shape index (κ1) is 13.1. The molecule has 5 heteroatoms. The largest absolute Gasteiger partial charge is 0.480 e. The smallest absolute Gasteiger partial charge is 0.320 e. The van der Waals surface area contributed by atoms with Gasteiger partial charge in [-0.3, -0.25) is 4.79 Å². The number of nitrogens with two attached hydrogens (primary N) is 1. The van der Waals surface area contributed by atoms with Crippen molar-refractivity contribution in [3.05, 3.63) is 33.0 Å². The number of carbonyl (C=O) groups is 1. The molecule has 1 unspecified atom stereocenters. The van der Waals surface area contributed by atoms with E-state index in [4.69, 9.17) is 10.8 Å². The Morgan fingerprint density at radius 3 is 2.69 bits per heavy atom. The Bertz CT molecular complexity index is 408. The fourth-order valence-corrected chi connectivity index (χ4v) is 2.04. The van der Waals surface area contributed by atoms with Crippen molar-refractivity contribution in [3.63, 3.8) is 0 Å². The number of carboxylic acid groups (broad SMARTS) is 1. The van der Waals surface area contributed by atoms with Gasteiger partial charge in [0.1, 0.15) is 11.9 Å². The number of aliphatic carboxylic acids is 1. The summed E-state index contributed by atoms with van der Waals surface area (Å²) in [6.07, 6.45) is -0.00667. The van der Waals surface area contributed by atoms with Gasteiger partial charge in [-0.15, -0.1) is 0 Å². The molecule has 0 bridgehead atoms. The Morgan fingerprint density at radius 2 is 2.19 bits per heavy atom. The van der Waals surface area contributed by atoms with Gasteiger partial charge < -0.3 is 10.8 Å². The van der Waals surface area contributed by atoms with Gasteiger partial charge in [0.05, 0.1) is 4.47 Å². The number of benzene rings is 1. The van der Waals surface area contributed by atoms with E-state index >= 15 is 0 Å². The predicted molar refractivity (Wildman–Crippen MR) is 62.9 cm³/mol. The Morgan fingerprint density at radius 1 is 1.62 bits per heavy atom. The highest BCUT2D eigenvalue weighted by Crippen LogP contribution is 2.26. The molecule has 0 fully saturated rings. The molecule has 0 radical (unpaired) electrons. The number of hydrogen-bond donors (Lipinski definition) is 2. The molecule has 16 heavy (non-hydrogen) atoms. The maximum atomic E-state index is 13.8. The SMILES string of the molecule is Cc1cc(Br)c(F)c(CC(N)C(=O)O)c1C. The summed E-state index contributed by atoms with van der Waals surface area (Å²) in [5, 5.41) is 8.70. The lowest BCUT2D eigenvalue weighted by Gasteiger charge is -2.13. The minimum Gasteiger partial charge on any atom is -0.480 e. The van der Waals surface area contributed by atoms with Crippen molar-refractivity contribution < 1.29 is 14.3 Å². The second-order valence-electron chi connectivity index (χ2n) is 3.74. The minimum absolute atomic E-state index is 0.00667. The summed E-state index contributed by atoms with van der Waals surface area (Å²) < 4.78 is 14.1. The summed E-state index contributed by atoms with van der Waals surface area (Å²) in [5.74, 6) is -1.56. The average molecular weight is 290 g/mol. The van der Waals surface area contributed by atoms with Crippen LogP contribution in [0.3, 0.4) is 0 Å². The summed E-state index contributed by atoms with van der Waals surface area (Å²) in [5.41, 5.74) is 7.42. The normalized spacial score (nSPS) is 12.6. The van der Waals surface area contributed by atoms with Gasteiger partial charge in [-0.1, -0.05) is 0 Å². The lowest BCUT2D eigenvalue weighted by atomic mass is 9.97. The first-order chi connectivity index (χ1) is 7.34. The van der Waals surface area contributed by atoms with Crippen LogP contribution in [0.4, 0.5) is 4.39 Å². The highest BCUT2D eigenvalue weighted by molar-refractivity contribution is 9.10. The van der Waals surface area contributed by atoms with Crippen LogP contribution in [0.2, 0.25) is 0 Å². The number of aryl methyl sites for hydroxylation is 1. The molecule has 0 aliphatic heterocycles. The van der Waals surface area contributed by atoms with E-state index in [2.05, 4.69) is 15.9 Å². The van der Waals surface area contributed by atoms with E-state index in [0.29, 0.717) is 10.0 Å². The Hall–Kier alpha value is -0.940. The molecule has 0 spiro atoms. The number of hydrogen-bond acceptors (Lipinski definition) is 2. The van der Waals surface area contributed by atoms with E-state index in [0.717, 1.165) is 11.1 Å². The van der Waals surface area contributed by atoms with Crippen LogP contribution < -0.4 is 5.73 Å². The van der Waals surface area contributed by atoms with E-state index in [1.165, 1.54) is 0 Å². The van der Waals surface area contributed by atoms with Crippen LogP contribution in [0, 0.1) is 19.7 Å². The second-order valence-corrected chi connectivity index (χ2v) is 4.60. The second kappa shape index (κ2) is 4.93. The predicted octanol–water partition coefficient (Wildman–Crippen LogP) is 2.16. The lowest BCUT2D eigenvalue weighted by Crippen LogP contribution is -2.33. The van der Waals surface area contributed by atoms with Crippen molar-refractivity contribution in [2.45, 2.75) is 26.3 Å². The molecule has 0 aliphatic carbocycles. The van der Waals surface area contributed by atoms with E-state index in [1.54, 1.807) is 13.0 Å². The summed E-state index contributed by atoms with van der Waals surface area (Å²) in [6, 6.07) is 0.586.